The maximum atomic E-state index is 13.1. The summed E-state index contributed by atoms with van der Waals surface area (Å²) in [6.45, 7) is 5.57. The summed E-state index contributed by atoms with van der Waals surface area (Å²) in [6.07, 6.45) is 6.08. The van der Waals surface area contributed by atoms with Crippen molar-refractivity contribution in [3.63, 3.8) is 0 Å². The molecule has 2 aliphatic rings. The normalized spacial score (nSPS) is 22.0. The lowest BCUT2D eigenvalue weighted by atomic mass is 9.92. The maximum Gasteiger partial charge on any atom is 0.272 e. The number of amides is 3. The van der Waals surface area contributed by atoms with E-state index in [9.17, 15) is 14.4 Å². The molecule has 1 aromatic heterocycles. The van der Waals surface area contributed by atoms with Crippen molar-refractivity contribution in [1.82, 2.24) is 25.3 Å². The van der Waals surface area contributed by atoms with Crippen LogP contribution in [0.1, 0.15) is 73.3 Å². The second kappa shape index (κ2) is 9.59. The van der Waals surface area contributed by atoms with E-state index in [-0.39, 0.29) is 36.0 Å². The molecule has 1 aromatic rings. The topological polar surface area (TPSA) is 106 Å². The molecule has 0 aromatic carbocycles. The number of carbonyl (C=O) groups excluding carboxylic acids is 3. The summed E-state index contributed by atoms with van der Waals surface area (Å²) in [7, 11) is 1.63. The van der Waals surface area contributed by atoms with Crippen LogP contribution in [0.5, 0.6) is 0 Å². The van der Waals surface area contributed by atoms with Gasteiger partial charge in [0.15, 0.2) is 5.69 Å². The summed E-state index contributed by atoms with van der Waals surface area (Å²) in [5.41, 5.74) is -0.557. The molecule has 3 rings (SSSR count). The highest BCUT2D eigenvalue weighted by Crippen LogP contribution is 2.27. The molecular weight excluding hydrogens is 386 g/mol. The van der Waals surface area contributed by atoms with Gasteiger partial charge in [-0.3, -0.25) is 19.1 Å². The van der Waals surface area contributed by atoms with E-state index in [0.29, 0.717) is 31.9 Å². The van der Waals surface area contributed by atoms with Crippen molar-refractivity contribution in [3.05, 3.63) is 17.5 Å². The minimum absolute atomic E-state index is 0.156. The number of hydrogen-bond donors (Lipinski definition) is 2. The van der Waals surface area contributed by atoms with E-state index in [4.69, 9.17) is 4.74 Å². The molecule has 166 valence electrons. The Bertz CT molecular complexity index is 786. The van der Waals surface area contributed by atoms with Crippen LogP contribution < -0.4 is 10.6 Å². The summed E-state index contributed by atoms with van der Waals surface area (Å²) >= 11 is 0. The van der Waals surface area contributed by atoms with Crippen LogP contribution in [0.2, 0.25) is 0 Å². The van der Waals surface area contributed by atoms with Gasteiger partial charge in [-0.15, -0.1) is 0 Å². The summed E-state index contributed by atoms with van der Waals surface area (Å²) in [4.78, 5) is 39.9. The van der Waals surface area contributed by atoms with Gasteiger partial charge in [0, 0.05) is 38.9 Å². The Morgan fingerprint density at radius 3 is 2.73 bits per heavy atom. The van der Waals surface area contributed by atoms with E-state index in [1.165, 1.54) is 22.1 Å². The highest BCUT2D eigenvalue weighted by Gasteiger charge is 2.46. The van der Waals surface area contributed by atoms with Gasteiger partial charge in [0.05, 0.1) is 6.54 Å². The minimum Gasteiger partial charge on any atom is -0.382 e. The third-order valence-electron chi connectivity index (χ3n) is 6.12. The zero-order valence-electron chi connectivity index (χ0n) is 18.2. The third-order valence-corrected chi connectivity index (χ3v) is 6.12. The maximum absolute atomic E-state index is 13.1. The van der Waals surface area contributed by atoms with E-state index < -0.39 is 5.54 Å². The van der Waals surface area contributed by atoms with E-state index in [0.717, 1.165) is 25.7 Å². The molecule has 0 radical (unpaired) electrons. The van der Waals surface area contributed by atoms with Gasteiger partial charge in [0.25, 0.3) is 11.8 Å². The monoisotopic (exact) mass is 419 g/mol. The molecular formula is C21H33N5O4. The molecule has 1 aliphatic heterocycles. The number of fused-ring (bicyclic) bond motifs is 1. The van der Waals surface area contributed by atoms with Crippen molar-refractivity contribution in [2.24, 2.45) is 0 Å². The first-order valence-electron chi connectivity index (χ1n) is 10.9. The molecule has 1 unspecified atom stereocenters. The van der Waals surface area contributed by atoms with Crippen LogP contribution >= 0.6 is 0 Å². The van der Waals surface area contributed by atoms with Crippen LogP contribution in [0.25, 0.3) is 0 Å². The number of hydrogen-bond acceptors (Lipinski definition) is 5. The lowest BCUT2D eigenvalue weighted by Crippen LogP contribution is -2.63. The number of carbonyl (C=O) groups is 3. The Morgan fingerprint density at radius 1 is 1.30 bits per heavy atom. The fraction of sp³-hybridized carbons (Fsp3) is 0.714. The second-order valence-electron chi connectivity index (χ2n) is 8.33. The zero-order chi connectivity index (χ0) is 21.7. The molecule has 2 heterocycles. The first-order chi connectivity index (χ1) is 14.4. The van der Waals surface area contributed by atoms with Crippen molar-refractivity contribution < 1.29 is 19.1 Å². The smallest absolute Gasteiger partial charge is 0.272 e. The number of ether oxygens (including phenoxy) is 1. The predicted molar refractivity (Wildman–Crippen MR) is 111 cm³/mol. The van der Waals surface area contributed by atoms with E-state index >= 15 is 0 Å². The van der Waals surface area contributed by atoms with E-state index in [1.807, 2.05) is 6.92 Å². The SMILES string of the molecule is CCOCCCNC(=O)c1cc2n(n1)CC(C)(C(=O)NC1CCCCC1)N(C)C2=O. The van der Waals surface area contributed by atoms with Crippen molar-refractivity contribution in [2.45, 2.75) is 70.5 Å². The number of rotatable bonds is 8. The molecule has 0 bridgehead atoms. The van der Waals surface area contributed by atoms with Crippen LogP contribution in [0, 0.1) is 0 Å². The molecule has 9 nitrogen and oxygen atoms in total. The van der Waals surface area contributed by atoms with Gasteiger partial charge in [-0.25, -0.2) is 0 Å². The Labute approximate surface area is 177 Å². The van der Waals surface area contributed by atoms with Crippen LogP contribution in [0.4, 0.5) is 0 Å². The molecule has 1 saturated carbocycles. The molecule has 0 spiro atoms. The zero-order valence-corrected chi connectivity index (χ0v) is 18.2. The lowest BCUT2D eigenvalue weighted by molar-refractivity contribution is -0.133. The molecule has 1 fully saturated rings. The van der Waals surface area contributed by atoms with E-state index in [1.54, 1.807) is 14.0 Å². The van der Waals surface area contributed by atoms with Gasteiger partial charge in [-0.2, -0.15) is 5.10 Å². The predicted octanol–water partition coefficient (Wildman–Crippen LogP) is 1.33. The number of aromatic nitrogens is 2. The standard InChI is InChI=1S/C21H33N5O4/c1-4-30-12-8-11-22-18(27)16-13-17-19(28)25(3)21(2,14-26(17)24-16)20(29)23-15-9-6-5-7-10-15/h13,15H,4-12,14H2,1-3H3,(H,22,27)(H,23,29). The molecule has 30 heavy (non-hydrogen) atoms. The molecule has 0 saturated heterocycles. The second-order valence-corrected chi connectivity index (χ2v) is 8.33. The Balaban J connectivity index is 1.68. The number of nitrogens with zero attached hydrogens (tertiary/aromatic N) is 3. The first-order valence-corrected chi connectivity index (χ1v) is 10.9. The van der Waals surface area contributed by atoms with Crippen molar-refractivity contribution >= 4 is 17.7 Å². The van der Waals surface area contributed by atoms with Gasteiger partial charge in [-0.05, 0) is 33.1 Å². The van der Waals surface area contributed by atoms with Crippen LogP contribution in [0.3, 0.4) is 0 Å². The van der Waals surface area contributed by atoms with Gasteiger partial charge in [0.2, 0.25) is 5.91 Å². The quantitative estimate of drug-likeness (QED) is 0.619. The third kappa shape index (κ3) is 4.66. The summed E-state index contributed by atoms with van der Waals surface area (Å²) in [6, 6.07) is 1.65. The lowest BCUT2D eigenvalue weighted by Gasteiger charge is -2.41. The first kappa shape index (κ1) is 22.3. The Morgan fingerprint density at radius 2 is 2.03 bits per heavy atom. The average Bonchev–Trinajstić information content (AvgIpc) is 3.16. The number of likely N-dealkylation sites (N-methyl/N-ethyl adjacent to an activating group) is 1. The van der Waals surface area contributed by atoms with Gasteiger partial charge in [-0.1, -0.05) is 19.3 Å². The number of nitrogens with one attached hydrogen (secondary N) is 2. The minimum atomic E-state index is -1.06. The highest BCUT2D eigenvalue weighted by molar-refractivity contribution is 6.01. The molecule has 1 atom stereocenters. The highest BCUT2D eigenvalue weighted by atomic mass is 16.5. The molecule has 3 amide bonds. The Hall–Kier alpha value is -2.42. The fourth-order valence-electron chi connectivity index (χ4n) is 4.04. The van der Waals surface area contributed by atoms with Gasteiger partial charge < -0.3 is 20.3 Å². The summed E-state index contributed by atoms with van der Waals surface area (Å²) in [5.74, 6) is -0.823. The molecule has 9 heteroatoms. The fourth-order valence-corrected chi connectivity index (χ4v) is 4.04. The summed E-state index contributed by atoms with van der Waals surface area (Å²) in [5, 5.41) is 10.2. The van der Waals surface area contributed by atoms with Gasteiger partial charge in [0.1, 0.15) is 11.2 Å². The van der Waals surface area contributed by atoms with Crippen LogP contribution in [0.15, 0.2) is 6.07 Å². The van der Waals surface area contributed by atoms with Gasteiger partial charge >= 0.3 is 0 Å². The van der Waals surface area contributed by atoms with Crippen LogP contribution in [-0.4, -0.2) is 70.8 Å². The van der Waals surface area contributed by atoms with Crippen molar-refractivity contribution in [3.8, 4) is 0 Å². The average molecular weight is 420 g/mol. The molecule has 1 aliphatic carbocycles. The molecule has 2 N–H and O–H groups in total. The summed E-state index contributed by atoms with van der Waals surface area (Å²) < 4.78 is 6.74. The van der Waals surface area contributed by atoms with Crippen LogP contribution in [-0.2, 0) is 16.1 Å². The van der Waals surface area contributed by atoms with Crippen molar-refractivity contribution in [2.75, 3.05) is 26.8 Å². The largest absolute Gasteiger partial charge is 0.382 e. The van der Waals surface area contributed by atoms with Crippen molar-refractivity contribution in [1.29, 1.82) is 0 Å². The van der Waals surface area contributed by atoms with E-state index in [2.05, 4.69) is 15.7 Å². The Kier molecular flexibility index (Phi) is 7.12.